The molecule has 0 heterocycles. The molecule has 0 rings (SSSR count). The number of carbonyl (C=O) groups is 1. The molecule has 11 heavy (non-hydrogen) atoms. The Balaban J connectivity index is 3.35. The minimum atomic E-state index is 0.0982. The second kappa shape index (κ2) is 6.16. The highest BCUT2D eigenvalue weighted by atomic mass is 16.1. The summed E-state index contributed by atoms with van der Waals surface area (Å²) in [4.78, 5) is 10.8. The summed E-state index contributed by atoms with van der Waals surface area (Å²) in [6, 6.07) is 0. The summed E-state index contributed by atoms with van der Waals surface area (Å²) in [5.74, 6) is 0.0982. The van der Waals surface area contributed by atoms with Crippen LogP contribution in [0.5, 0.6) is 0 Å². The monoisotopic (exact) mass is 158 g/mol. The van der Waals surface area contributed by atoms with Crippen molar-refractivity contribution in [2.75, 3.05) is 6.54 Å². The maximum Gasteiger partial charge on any atom is 0.220 e. The van der Waals surface area contributed by atoms with E-state index in [4.69, 9.17) is 0 Å². The van der Waals surface area contributed by atoms with Crippen LogP contribution < -0.4 is 10.6 Å². The highest BCUT2D eigenvalue weighted by Gasteiger charge is 2.01. The van der Waals surface area contributed by atoms with E-state index >= 15 is 0 Å². The molecule has 0 aromatic rings. The Labute approximate surface area is 68.6 Å². The van der Waals surface area contributed by atoms with Crippen LogP contribution in [0.2, 0.25) is 0 Å². The van der Waals surface area contributed by atoms with Crippen molar-refractivity contribution in [1.82, 2.24) is 10.6 Å². The van der Waals surface area contributed by atoms with Crippen LogP contribution in [-0.2, 0) is 4.79 Å². The second-order valence-corrected chi connectivity index (χ2v) is 2.60. The van der Waals surface area contributed by atoms with Crippen LogP contribution in [0.15, 0.2) is 0 Å². The minimum Gasteiger partial charge on any atom is -0.341 e. The number of nitrogens with one attached hydrogen (secondary N) is 2. The van der Waals surface area contributed by atoms with Crippen LogP contribution in [0.3, 0.4) is 0 Å². The Bertz CT molecular complexity index is 115. The number of hydrogen-bond acceptors (Lipinski definition) is 2. The van der Waals surface area contributed by atoms with Gasteiger partial charge in [0.15, 0.2) is 0 Å². The van der Waals surface area contributed by atoms with Gasteiger partial charge >= 0.3 is 0 Å². The third kappa shape index (κ3) is 5.85. The van der Waals surface area contributed by atoms with E-state index in [1.807, 2.05) is 13.8 Å². The van der Waals surface area contributed by atoms with Crippen LogP contribution in [0.4, 0.5) is 0 Å². The van der Waals surface area contributed by atoms with Crippen LogP contribution >= 0.6 is 0 Å². The Morgan fingerprint density at radius 2 is 2.09 bits per heavy atom. The molecule has 0 aromatic carbocycles. The quantitative estimate of drug-likeness (QED) is 0.583. The molecule has 0 aliphatic rings. The lowest BCUT2D eigenvalue weighted by Crippen LogP contribution is -2.43. The van der Waals surface area contributed by atoms with Gasteiger partial charge in [0.05, 0.1) is 6.17 Å². The summed E-state index contributed by atoms with van der Waals surface area (Å²) in [5, 5.41) is 5.98. The van der Waals surface area contributed by atoms with E-state index in [9.17, 15) is 4.79 Å². The van der Waals surface area contributed by atoms with Gasteiger partial charge in [-0.15, -0.1) is 0 Å². The molecule has 0 radical (unpaired) electrons. The van der Waals surface area contributed by atoms with E-state index in [1.54, 1.807) is 0 Å². The van der Waals surface area contributed by atoms with Crippen LogP contribution in [0, 0.1) is 0 Å². The lowest BCUT2D eigenvalue weighted by Gasteiger charge is -2.14. The Hall–Kier alpha value is -0.570. The average molecular weight is 158 g/mol. The van der Waals surface area contributed by atoms with E-state index in [2.05, 4.69) is 17.6 Å². The van der Waals surface area contributed by atoms with E-state index < -0.39 is 0 Å². The predicted molar refractivity (Wildman–Crippen MR) is 46.2 cm³/mol. The number of rotatable bonds is 5. The molecule has 1 unspecified atom stereocenters. The zero-order valence-electron chi connectivity index (χ0n) is 7.61. The third-order valence-corrected chi connectivity index (χ3v) is 1.40. The summed E-state index contributed by atoms with van der Waals surface area (Å²) >= 11 is 0. The van der Waals surface area contributed by atoms with Crippen molar-refractivity contribution < 1.29 is 4.79 Å². The molecule has 1 amide bonds. The summed E-state index contributed by atoms with van der Waals surface area (Å²) in [6.07, 6.45) is 1.74. The molecule has 0 aliphatic carbocycles. The van der Waals surface area contributed by atoms with Crippen LogP contribution in [0.25, 0.3) is 0 Å². The van der Waals surface area contributed by atoms with Gasteiger partial charge in [0, 0.05) is 6.42 Å². The van der Waals surface area contributed by atoms with Gasteiger partial charge < -0.3 is 5.32 Å². The summed E-state index contributed by atoms with van der Waals surface area (Å²) in [5.41, 5.74) is 0. The SMILES string of the molecule is CCCNC(C)NC(=O)CC. The molecule has 0 fully saturated rings. The molecule has 3 heteroatoms. The minimum absolute atomic E-state index is 0.0982. The fourth-order valence-corrected chi connectivity index (χ4v) is 0.755. The summed E-state index contributed by atoms with van der Waals surface area (Å²) < 4.78 is 0. The van der Waals surface area contributed by atoms with Gasteiger partial charge in [-0.3, -0.25) is 10.1 Å². The second-order valence-electron chi connectivity index (χ2n) is 2.60. The number of hydrogen-bond donors (Lipinski definition) is 2. The zero-order valence-corrected chi connectivity index (χ0v) is 7.61. The largest absolute Gasteiger partial charge is 0.341 e. The van der Waals surface area contributed by atoms with Crippen LogP contribution in [0.1, 0.15) is 33.6 Å². The zero-order chi connectivity index (χ0) is 8.69. The van der Waals surface area contributed by atoms with Crippen molar-refractivity contribution in [3.8, 4) is 0 Å². The standard InChI is InChI=1S/C8H18N2O/c1-4-6-9-7(3)10-8(11)5-2/h7,9H,4-6H2,1-3H3,(H,10,11). The van der Waals surface area contributed by atoms with Gasteiger partial charge in [-0.1, -0.05) is 13.8 Å². The molecular formula is C8H18N2O. The smallest absolute Gasteiger partial charge is 0.220 e. The lowest BCUT2D eigenvalue weighted by molar-refractivity contribution is -0.121. The first-order valence-electron chi connectivity index (χ1n) is 4.23. The van der Waals surface area contributed by atoms with Gasteiger partial charge in [0.1, 0.15) is 0 Å². The van der Waals surface area contributed by atoms with E-state index in [-0.39, 0.29) is 12.1 Å². The van der Waals surface area contributed by atoms with Crippen molar-refractivity contribution in [3.05, 3.63) is 0 Å². The Morgan fingerprint density at radius 3 is 2.55 bits per heavy atom. The molecule has 66 valence electrons. The maximum atomic E-state index is 10.8. The fraction of sp³-hybridized carbons (Fsp3) is 0.875. The average Bonchev–Trinajstić information content (AvgIpc) is 2.00. The third-order valence-electron chi connectivity index (χ3n) is 1.40. The highest BCUT2D eigenvalue weighted by Crippen LogP contribution is 1.80. The van der Waals surface area contributed by atoms with Crippen LogP contribution in [-0.4, -0.2) is 18.6 Å². The maximum absolute atomic E-state index is 10.8. The summed E-state index contributed by atoms with van der Waals surface area (Å²) in [6.45, 7) is 6.84. The van der Waals surface area contributed by atoms with Crippen molar-refractivity contribution in [1.29, 1.82) is 0 Å². The molecule has 0 aromatic heterocycles. The molecule has 0 bridgehead atoms. The predicted octanol–water partition coefficient (Wildman–Crippen LogP) is 0.858. The number of carbonyl (C=O) groups excluding carboxylic acids is 1. The fourth-order valence-electron chi connectivity index (χ4n) is 0.755. The highest BCUT2D eigenvalue weighted by molar-refractivity contribution is 5.75. The Kier molecular flexibility index (Phi) is 5.84. The van der Waals surface area contributed by atoms with Crippen molar-refractivity contribution in [2.45, 2.75) is 39.8 Å². The van der Waals surface area contributed by atoms with Gasteiger partial charge in [0.25, 0.3) is 0 Å². The molecule has 2 N–H and O–H groups in total. The molecule has 1 atom stereocenters. The van der Waals surface area contributed by atoms with Crippen molar-refractivity contribution >= 4 is 5.91 Å². The topological polar surface area (TPSA) is 41.1 Å². The molecule has 0 aliphatic heterocycles. The van der Waals surface area contributed by atoms with E-state index in [0.29, 0.717) is 6.42 Å². The van der Waals surface area contributed by atoms with Gasteiger partial charge in [-0.2, -0.15) is 0 Å². The Morgan fingerprint density at radius 1 is 1.45 bits per heavy atom. The molecule has 3 nitrogen and oxygen atoms in total. The first-order chi connectivity index (χ1) is 5.20. The van der Waals surface area contributed by atoms with Gasteiger partial charge in [0.2, 0.25) is 5.91 Å². The first kappa shape index (κ1) is 10.4. The van der Waals surface area contributed by atoms with E-state index in [0.717, 1.165) is 13.0 Å². The van der Waals surface area contributed by atoms with Gasteiger partial charge in [-0.05, 0) is 19.9 Å². The molecule has 0 saturated heterocycles. The number of amides is 1. The van der Waals surface area contributed by atoms with Gasteiger partial charge in [-0.25, -0.2) is 0 Å². The normalized spacial score (nSPS) is 12.6. The van der Waals surface area contributed by atoms with E-state index in [1.165, 1.54) is 0 Å². The molecule has 0 spiro atoms. The first-order valence-corrected chi connectivity index (χ1v) is 4.23. The van der Waals surface area contributed by atoms with Crippen molar-refractivity contribution in [2.24, 2.45) is 0 Å². The molecular weight excluding hydrogens is 140 g/mol. The lowest BCUT2D eigenvalue weighted by atomic mass is 10.4. The van der Waals surface area contributed by atoms with Crippen molar-refractivity contribution in [3.63, 3.8) is 0 Å². The summed E-state index contributed by atoms with van der Waals surface area (Å²) in [7, 11) is 0. The molecule has 0 saturated carbocycles.